The largest absolute Gasteiger partial charge is 0.504 e. The smallest absolute Gasteiger partial charge is 0.161 e. The molecule has 1 rings (SSSR count). The first-order valence-corrected chi connectivity index (χ1v) is 11.7. The molecular formula is C24H41ClO2. The van der Waals surface area contributed by atoms with Crippen molar-refractivity contribution in [2.45, 2.75) is 117 Å². The van der Waals surface area contributed by atoms with E-state index in [0.717, 1.165) is 36.8 Å². The van der Waals surface area contributed by atoms with E-state index >= 15 is 0 Å². The van der Waals surface area contributed by atoms with Gasteiger partial charge in [-0.15, -0.1) is 0 Å². The van der Waals surface area contributed by atoms with Crippen LogP contribution in [0, 0.1) is 0 Å². The Morgan fingerprint density at radius 1 is 0.630 bits per heavy atom. The van der Waals surface area contributed by atoms with E-state index in [2.05, 4.69) is 13.8 Å². The topological polar surface area (TPSA) is 40.5 Å². The minimum absolute atomic E-state index is 0.0447. The van der Waals surface area contributed by atoms with Crippen LogP contribution in [0.4, 0.5) is 0 Å². The predicted molar refractivity (Wildman–Crippen MR) is 118 cm³/mol. The van der Waals surface area contributed by atoms with E-state index in [-0.39, 0.29) is 11.5 Å². The van der Waals surface area contributed by atoms with E-state index in [9.17, 15) is 10.2 Å². The summed E-state index contributed by atoms with van der Waals surface area (Å²) in [5.74, 6) is -0.0374. The van der Waals surface area contributed by atoms with Gasteiger partial charge in [0.05, 0.1) is 0 Å². The zero-order chi connectivity index (χ0) is 19.9. The van der Waals surface area contributed by atoms with E-state index in [0.29, 0.717) is 5.02 Å². The van der Waals surface area contributed by atoms with E-state index < -0.39 is 0 Å². The van der Waals surface area contributed by atoms with Crippen molar-refractivity contribution in [2.75, 3.05) is 0 Å². The first-order valence-electron chi connectivity index (χ1n) is 11.3. The van der Waals surface area contributed by atoms with Crippen LogP contribution in [0.15, 0.2) is 6.07 Å². The van der Waals surface area contributed by atoms with Crippen LogP contribution in [0.2, 0.25) is 5.02 Å². The molecule has 0 radical (unpaired) electrons. The van der Waals surface area contributed by atoms with E-state index in [1.54, 1.807) is 0 Å². The number of phenols is 2. The number of hydrogen-bond acceptors (Lipinski definition) is 2. The second-order valence-electron chi connectivity index (χ2n) is 7.93. The van der Waals surface area contributed by atoms with Gasteiger partial charge in [-0.25, -0.2) is 0 Å². The number of unbranched alkanes of at least 4 members (excludes halogenated alkanes) is 12. The van der Waals surface area contributed by atoms with Crippen molar-refractivity contribution in [3.63, 3.8) is 0 Å². The number of aromatic hydroxyl groups is 2. The summed E-state index contributed by atoms with van der Waals surface area (Å²) in [5, 5.41) is 20.9. The van der Waals surface area contributed by atoms with Crippen molar-refractivity contribution in [1.82, 2.24) is 0 Å². The summed E-state index contributed by atoms with van der Waals surface area (Å²) in [4.78, 5) is 0. The standard InChI is InChI=1S/C24H41ClO2/c1-3-5-7-9-11-13-15-17-20-21(24(27)23(26)19-22(20)25)18-16-14-12-10-8-6-4-2/h19,26-27H,3-18H2,1-2H3. The highest BCUT2D eigenvalue weighted by molar-refractivity contribution is 6.31. The molecule has 0 amide bonds. The first-order chi connectivity index (χ1) is 13.1. The summed E-state index contributed by atoms with van der Waals surface area (Å²) in [6.07, 6.45) is 19.2. The van der Waals surface area contributed by atoms with Crippen LogP contribution in [0.3, 0.4) is 0 Å². The molecule has 156 valence electrons. The third-order valence-electron chi connectivity index (χ3n) is 5.51. The lowest BCUT2D eigenvalue weighted by atomic mass is 9.95. The molecule has 0 bridgehead atoms. The Morgan fingerprint density at radius 3 is 1.52 bits per heavy atom. The van der Waals surface area contributed by atoms with Crippen molar-refractivity contribution in [1.29, 1.82) is 0 Å². The van der Waals surface area contributed by atoms with E-state index in [4.69, 9.17) is 11.6 Å². The summed E-state index contributed by atoms with van der Waals surface area (Å²) in [6, 6.07) is 1.50. The lowest BCUT2D eigenvalue weighted by molar-refractivity contribution is 0.397. The minimum atomic E-state index is -0.0822. The zero-order valence-corrected chi connectivity index (χ0v) is 18.4. The van der Waals surface area contributed by atoms with Crippen LogP contribution in [-0.4, -0.2) is 10.2 Å². The van der Waals surface area contributed by atoms with Gasteiger partial charge in [-0.05, 0) is 31.2 Å². The Hall–Kier alpha value is -0.890. The summed E-state index contributed by atoms with van der Waals surface area (Å²) < 4.78 is 0. The summed E-state index contributed by atoms with van der Waals surface area (Å²) in [7, 11) is 0. The van der Waals surface area contributed by atoms with Gasteiger partial charge in [-0.3, -0.25) is 0 Å². The van der Waals surface area contributed by atoms with Gasteiger partial charge in [0.2, 0.25) is 0 Å². The molecule has 0 aliphatic heterocycles. The minimum Gasteiger partial charge on any atom is -0.504 e. The molecule has 0 atom stereocenters. The Bertz CT molecular complexity index is 514. The summed E-state index contributed by atoms with van der Waals surface area (Å²) in [6.45, 7) is 4.48. The van der Waals surface area contributed by atoms with Gasteiger partial charge in [-0.2, -0.15) is 0 Å². The molecule has 2 nitrogen and oxygen atoms in total. The van der Waals surface area contributed by atoms with Crippen LogP contribution >= 0.6 is 11.6 Å². The Labute approximate surface area is 172 Å². The number of phenolic OH excluding ortho intramolecular Hbond substituents is 2. The number of rotatable bonds is 16. The summed E-state index contributed by atoms with van der Waals surface area (Å²) in [5.41, 5.74) is 1.92. The molecule has 3 heteroatoms. The second-order valence-corrected chi connectivity index (χ2v) is 8.33. The van der Waals surface area contributed by atoms with Crippen molar-refractivity contribution in [3.05, 3.63) is 22.2 Å². The van der Waals surface area contributed by atoms with Gasteiger partial charge < -0.3 is 10.2 Å². The Balaban J connectivity index is 2.49. The maximum atomic E-state index is 10.4. The molecule has 27 heavy (non-hydrogen) atoms. The lowest BCUT2D eigenvalue weighted by Crippen LogP contribution is -1.98. The van der Waals surface area contributed by atoms with Gasteiger partial charge >= 0.3 is 0 Å². The van der Waals surface area contributed by atoms with Gasteiger partial charge in [0.1, 0.15) is 0 Å². The fourth-order valence-electron chi connectivity index (χ4n) is 3.77. The maximum Gasteiger partial charge on any atom is 0.161 e. The first kappa shape index (κ1) is 24.1. The van der Waals surface area contributed by atoms with Crippen LogP contribution in [-0.2, 0) is 12.8 Å². The van der Waals surface area contributed by atoms with Crippen LogP contribution < -0.4 is 0 Å². The van der Waals surface area contributed by atoms with Crippen LogP contribution in [0.25, 0.3) is 0 Å². The Kier molecular flexibility index (Phi) is 13.5. The lowest BCUT2D eigenvalue weighted by Gasteiger charge is -2.15. The zero-order valence-electron chi connectivity index (χ0n) is 17.7. The molecule has 0 spiro atoms. The molecule has 2 N–H and O–H groups in total. The SMILES string of the molecule is CCCCCCCCCc1c(Cl)cc(O)c(O)c1CCCCCCCCC. The normalized spacial score (nSPS) is 11.2. The van der Waals surface area contributed by atoms with Crippen molar-refractivity contribution in [2.24, 2.45) is 0 Å². The highest BCUT2D eigenvalue weighted by Crippen LogP contribution is 2.38. The molecule has 0 aliphatic rings. The van der Waals surface area contributed by atoms with Crippen molar-refractivity contribution >= 4 is 11.6 Å². The van der Waals surface area contributed by atoms with Gasteiger partial charge in [0.15, 0.2) is 11.5 Å². The Morgan fingerprint density at radius 2 is 1.04 bits per heavy atom. The van der Waals surface area contributed by atoms with Crippen LogP contribution in [0.5, 0.6) is 11.5 Å². The molecule has 0 fully saturated rings. The molecule has 1 aromatic carbocycles. The second kappa shape index (κ2) is 15.1. The average Bonchev–Trinajstić information content (AvgIpc) is 2.65. The fraction of sp³-hybridized carbons (Fsp3) is 0.750. The molecular weight excluding hydrogens is 356 g/mol. The molecule has 0 saturated heterocycles. The average molecular weight is 397 g/mol. The monoisotopic (exact) mass is 396 g/mol. The maximum absolute atomic E-state index is 10.4. The summed E-state index contributed by atoms with van der Waals surface area (Å²) >= 11 is 6.41. The molecule has 0 aliphatic carbocycles. The highest BCUT2D eigenvalue weighted by Gasteiger charge is 2.16. The number of hydrogen-bond donors (Lipinski definition) is 2. The van der Waals surface area contributed by atoms with Gasteiger partial charge in [0, 0.05) is 16.7 Å². The third-order valence-corrected chi connectivity index (χ3v) is 5.84. The van der Waals surface area contributed by atoms with Crippen molar-refractivity contribution in [3.8, 4) is 11.5 Å². The molecule has 0 aromatic heterocycles. The fourth-order valence-corrected chi connectivity index (χ4v) is 4.09. The molecule has 0 unspecified atom stereocenters. The predicted octanol–water partition coefficient (Wildman–Crippen LogP) is 8.34. The van der Waals surface area contributed by atoms with Crippen molar-refractivity contribution < 1.29 is 10.2 Å². The quantitative estimate of drug-likeness (QED) is 0.217. The van der Waals surface area contributed by atoms with E-state index in [1.165, 1.54) is 83.1 Å². The molecule has 0 heterocycles. The van der Waals surface area contributed by atoms with Gasteiger partial charge in [-0.1, -0.05) is 102 Å². The molecule has 0 saturated carbocycles. The van der Waals surface area contributed by atoms with Crippen LogP contribution in [0.1, 0.15) is 115 Å². The van der Waals surface area contributed by atoms with Gasteiger partial charge in [0.25, 0.3) is 0 Å². The van der Waals surface area contributed by atoms with E-state index in [1.807, 2.05) is 0 Å². The molecule has 1 aromatic rings. The number of halogens is 1. The third kappa shape index (κ3) is 9.74. The highest BCUT2D eigenvalue weighted by atomic mass is 35.5. The number of benzene rings is 1.